The average Bonchev–Trinajstić information content (AvgIpc) is 2.66. The lowest BCUT2D eigenvalue weighted by atomic mass is 10.1. The molecule has 0 N–H and O–H groups in total. The molecule has 0 amide bonds. The van der Waals surface area contributed by atoms with Crippen LogP contribution in [0.3, 0.4) is 0 Å². The van der Waals surface area contributed by atoms with E-state index in [9.17, 15) is 4.79 Å². The van der Waals surface area contributed by atoms with Crippen LogP contribution >= 0.6 is 11.8 Å². The lowest BCUT2D eigenvalue weighted by molar-refractivity contribution is 0.102. The van der Waals surface area contributed by atoms with Gasteiger partial charge in [0.2, 0.25) is 0 Å². The number of para-hydroxylation sites is 1. The maximum Gasteiger partial charge on any atom is 0.173 e. The number of fused-ring (bicyclic) bond motifs is 2. The number of nitrogens with zero attached hydrogens (tertiary/aromatic N) is 1. The number of hydrogen-bond donors (Lipinski definition) is 0. The number of pyridine rings is 1. The van der Waals surface area contributed by atoms with Gasteiger partial charge in [0.15, 0.2) is 17.3 Å². The molecule has 3 aromatic rings. The van der Waals surface area contributed by atoms with Gasteiger partial charge in [-0.3, -0.25) is 4.79 Å². The number of rotatable bonds is 4. The molecule has 25 heavy (non-hydrogen) atoms. The van der Waals surface area contributed by atoms with Gasteiger partial charge in [-0.25, -0.2) is 4.98 Å². The van der Waals surface area contributed by atoms with Crippen molar-refractivity contribution in [2.75, 3.05) is 19.0 Å². The van der Waals surface area contributed by atoms with E-state index >= 15 is 0 Å². The van der Waals surface area contributed by atoms with Gasteiger partial charge in [-0.05, 0) is 42.8 Å². The number of carbonyl (C=O) groups is 1. The number of benzene rings is 2. The Labute approximate surface area is 150 Å². The minimum absolute atomic E-state index is 0.0505. The highest BCUT2D eigenvalue weighted by atomic mass is 32.2. The molecule has 1 aliphatic heterocycles. The first-order valence-electron chi connectivity index (χ1n) is 8.13. The number of aryl methyl sites for hydroxylation is 1. The van der Waals surface area contributed by atoms with Crippen LogP contribution in [0, 0.1) is 6.92 Å². The maximum absolute atomic E-state index is 12.5. The standard InChI is InChI=1S/C20H17NO3S/c1-13-10-20(21-16-5-3-2-4-15(13)16)25-12-17(22)14-6-7-18-19(11-14)24-9-8-23-18/h2-7,10-11H,8-9,12H2,1H3. The minimum atomic E-state index is 0.0505. The molecular weight excluding hydrogens is 334 g/mol. The zero-order valence-corrected chi connectivity index (χ0v) is 14.6. The number of aromatic nitrogens is 1. The van der Waals surface area contributed by atoms with E-state index < -0.39 is 0 Å². The number of Topliss-reactive ketones (excluding diaryl/α,β-unsaturated/α-hetero) is 1. The quantitative estimate of drug-likeness (QED) is 0.518. The minimum Gasteiger partial charge on any atom is -0.486 e. The van der Waals surface area contributed by atoms with Crippen molar-refractivity contribution in [3.63, 3.8) is 0 Å². The number of ether oxygens (including phenoxy) is 2. The monoisotopic (exact) mass is 351 g/mol. The van der Waals surface area contributed by atoms with E-state index in [-0.39, 0.29) is 5.78 Å². The summed E-state index contributed by atoms with van der Waals surface area (Å²) in [5, 5.41) is 2.01. The first-order chi connectivity index (χ1) is 12.2. The molecule has 0 atom stereocenters. The predicted molar refractivity (Wildman–Crippen MR) is 99.0 cm³/mol. The van der Waals surface area contributed by atoms with Gasteiger partial charge in [0.1, 0.15) is 13.2 Å². The Morgan fingerprint density at radius 2 is 1.88 bits per heavy atom. The van der Waals surface area contributed by atoms with Gasteiger partial charge in [-0.15, -0.1) is 0 Å². The van der Waals surface area contributed by atoms with Gasteiger partial charge < -0.3 is 9.47 Å². The van der Waals surface area contributed by atoms with E-state index in [0.717, 1.165) is 15.9 Å². The van der Waals surface area contributed by atoms with E-state index in [1.54, 1.807) is 18.2 Å². The highest BCUT2D eigenvalue weighted by Gasteiger charge is 2.15. The van der Waals surface area contributed by atoms with E-state index in [0.29, 0.717) is 36.0 Å². The predicted octanol–water partition coefficient (Wildman–Crippen LogP) is 4.29. The first kappa shape index (κ1) is 16.0. The third-order valence-corrected chi connectivity index (χ3v) is 5.03. The molecule has 5 heteroatoms. The van der Waals surface area contributed by atoms with Gasteiger partial charge in [0.25, 0.3) is 0 Å². The Kier molecular flexibility index (Phi) is 4.32. The second-order valence-corrected chi connectivity index (χ2v) is 6.86. The highest BCUT2D eigenvalue weighted by Crippen LogP contribution is 2.31. The Morgan fingerprint density at radius 3 is 2.76 bits per heavy atom. The molecule has 0 radical (unpaired) electrons. The molecule has 4 rings (SSSR count). The van der Waals surface area contributed by atoms with Crippen LogP contribution in [0.4, 0.5) is 0 Å². The van der Waals surface area contributed by atoms with Crippen molar-refractivity contribution >= 4 is 28.4 Å². The third-order valence-electron chi connectivity index (χ3n) is 4.11. The van der Waals surface area contributed by atoms with Crippen molar-refractivity contribution in [3.05, 3.63) is 59.7 Å². The van der Waals surface area contributed by atoms with Crippen LogP contribution in [0.5, 0.6) is 11.5 Å². The zero-order chi connectivity index (χ0) is 17.2. The topological polar surface area (TPSA) is 48.4 Å². The fourth-order valence-electron chi connectivity index (χ4n) is 2.83. The zero-order valence-electron chi connectivity index (χ0n) is 13.8. The van der Waals surface area contributed by atoms with E-state index in [1.807, 2.05) is 24.3 Å². The smallest absolute Gasteiger partial charge is 0.173 e. The summed E-state index contributed by atoms with van der Waals surface area (Å²) in [5.41, 5.74) is 2.76. The Balaban J connectivity index is 1.50. The second-order valence-electron chi connectivity index (χ2n) is 5.86. The Hall–Kier alpha value is -2.53. The summed E-state index contributed by atoms with van der Waals surface area (Å²) in [6.07, 6.45) is 0. The summed E-state index contributed by atoms with van der Waals surface area (Å²) in [5.74, 6) is 1.73. The van der Waals surface area contributed by atoms with Crippen LogP contribution < -0.4 is 9.47 Å². The van der Waals surface area contributed by atoms with Crippen molar-refractivity contribution in [2.45, 2.75) is 11.9 Å². The van der Waals surface area contributed by atoms with Crippen LogP contribution in [0.1, 0.15) is 15.9 Å². The molecule has 0 aliphatic carbocycles. The van der Waals surface area contributed by atoms with Crippen LogP contribution in [0.2, 0.25) is 0 Å². The molecule has 0 fully saturated rings. The van der Waals surface area contributed by atoms with E-state index in [2.05, 4.69) is 18.0 Å². The SMILES string of the molecule is Cc1cc(SCC(=O)c2ccc3c(c2)OCCO3)nc2ccccc12. The van der Waals surface area contributed by atoms with E-state index in [1.165, 1.54) is 17.3 Å². The highest BCUT2D eigenvalue weighted by molar-refractivity contribution is 7.99. The fraction of sp³-hybridized carbons (Fsp3) is 0.200. The largest absolute Gasteiger partial charge is 0.486 e. The first-order valence-corrected chi connectivity index (χ1v) is 9.11. The van der Waals surface area contributed by atoms with Gasteiger partial charge in [-0.1, -0.05) is 30.0 Å². The lowest BCUT2D eigenvalue weighted by Crippen LogP contribution is -2.16. The summed E-state index contributed by atoms with van der Waals surface area (Å²) in [6.45, 7) is 3.12. The molecule has 1 aromatic heterocycles. The van der Waals surface area contributed by atoms with Gasteiger partial charge in [0, 0.05) is 10.9 Å². The molecule has 0 saturated carbocycles. The van der Waals surface area contributed by atoms with Crippen molar-refractivity contribution in [2.24, 2.45) is 0 Å². The van der Waals surface area contributed by atoms with Gasteiger partial charge in [-0.2, -0.15) is 0 Å². The van der Waals surface area contributed by atoms with Crippen molar-refractivity contribution in [3.8, 4) is 11.5 Å². The molecule has 0 saturated heterocycles. The molecule has 0 unspecified atom stereocenters. The van der Waals surface area contributed by atoms with Crippen LogP contribution in [-0.2, 0) is 0 Å². The van der Waals surface area contributed by atoms with Gasteiger partial charge >= 0.3 is 0 Å². The maximum atomic E-state index is 12.5. The molecule has 2 heterocycles. The molecule has 4 nitrogen and oxygen atoms in total. The number of carbonyl (C=O) groups excluding carboxylic acids is 1. The molecule has 2 aromatic carbocycles. The van der Waals surface area contributed by atoms with Crippen molar-refractivity contribution < 1.29 is 14.3 Å². The normalized spacial score (nSPS) is 13.0. The second kappa shape index (κ2) is 6.76. The van der Waals surface area contributed by atoms with Crippen LogP contribution in [0.25, 0.3) is 10.9 Å². The molecule has 126 valence electrons. The summed E-state index contributed by atoms with van der Waals surface area (Å²) in [4.78, 5) is 17.1. The lowest BCUT2D eigenvalue weighted by Gasteiger charge is -2.18. The van der Waals surface area contributed by atoms with Crippen LogP contribution in [0.15, 0.2) is 53.6 Å². The molecule has 1 aliphatic rings. The van der Waals surface area contributed by atoms with E-state index in [4.69, 9.17) is 9.47 Å². The molecule has 0 spiro atoms. The van der Waals surface area contributed by atoms with Crippen molar-refractivity contribution in [1.29, 1.82) is 0 Å². The van der Waals surface area contributed by atoms with Crippen LogP contribution in [-0.4, -0.2) is 29.7 Å². The fourth-order valence-corrected chi connectivity index (χ4v) is 3.70. The summed E-state index contributed by atoms with van der Waals surface area (Å²) in [7, 11) is 0. The number of thioether (sulfide) groups is 1. The molecule has 0 bridgehead atoms. The average molecular weight is 351 g/mol. The third kappa shape index (κ3) is 3.33. The Morgan fingerprint density at radius 1 is 1.08 bits per heavy atom. The summed E-state index contributed by atoms with van der Waals surface area (Å²) in [6, 6.07) is 15.4. The number of ketones is 1. The number of hydrogen-bond acceptors (Lipinski definition) is 5. The van der Waals surface area contributed by atoms with Crippen molar-refractivity contribution in [1.82, 2.24) is 4.98 Å². The van der Waals surface area contributed by atoms with Gasteiger partial charge in [0.05, 0.1) is 16.3 Å². The summed E-state index contributed by atoms with van der Waals surface area (Å²) < 4.78 is 11.0. The Bertz CT molecular complexity index is 955. The molecular formula is C20H17NO3S. The summed E-state index contributed by atoms with van der Waals surface area (Å²) >= 11 is 1.46.